The number of hydrogen-bond donors (Lipinski definition) is 0. The lowest BCUT2D eigenvalue weighted by Crippen LogP contribution is -2.30. The van der Waals surface area contributed by atoms with Gasteiger partial charge in [-0.3, -0.25) is 14.4 Å². The maximum atomic E-state index is 12.8. The quantitative estimate of drug-likeness (QED) is 0.0262. The average Bonchev–Trinajstić information content (AvgIpc) is 3.28. The third-order valence-electron chi connectivity index (χ3n) is 10.6. The van der Waals surface area contributed by atoms with Gasteiger partial charge < -0.3 is 14.2 Å². The van der Waals surface area contributed by atoms with Gasteiger partial charge in [0.05, 0.1) is 0 Å². The maximum absolute atomic E-state index is 12.8. The molecule has 6 nitrogen and oxygen atoms in total. The van der Waals surface area contributed by atoms with Crippen LogP contribution in [-0.4, -0.2) is 37.2 Å². The smallest absolute Gasteiger partial charge is 0.306 e. The molecule has 358 valence electrons. The van der Waals surface area contributed by atoms with E-state index in [-0.39, 0.29) is 37.5 Å². The summed E-state index contributed by atoms with van der Waals surface area (Å²) in [5, 5.41) is 0. The van der Waals surface area contributed by atoms with Crippen molar-refractivity contribution in [2.24, 2.45) is 0 Å². The van der Waals surface area contributed by atoms with Crippen molar-refractivity contribution < 1.29 is 28.6 Å². The molecule has 0 aliphatic rings. The van der Waals surface area contributed by atoms with Crippen molar-refractivity contribution in [3.8, 4) is 0 Å². The molecule has 0 rings (SSSR count). The second-order valence-electron chi connectivity index (χ2n) is 16.7. The first-order valence-electron chi connectivity index (χ1n) is 25.7. The molecule has 0 aromatic rings. The maximum Gasteiger partial charge on any atom is 0.306 e. The minimum absolute atomic E-state index is 0.117. The normalized spacial score (nSPS) is 12.9. The zero-order valence-corrected chi connectivity index (χ0v) is 40.8. The van der Waals surface area contributed by atoms with Crippen LogP contribution in [0.15, 0.2) is 97.2 Å². The van der Waals surface area contributed by atoms with Gasteiger partial charge in [0, 0.05) is 19.3 Å². The molecule has 0 radical (unpaired) electrons. The Morgan fingerprint density at radius 3 is 1.06 bits per heavy atom. The van der Waals surface area contributed by atoms with Gasteiger partial charge in [-0.05, 0) is 83.5 Å². The highest BCUT2D eigenvalue weighted by Crippen LogP contribution is 2.15. The number of rotatable bonds is 45. The molecule has 0 N–H and O–H groups in total. The summed E-state index contributed by atoms with van der Waals surface area (Å²) in [6.45, 7) is 6.30. The van der Waals surface area contributed by atoms with E-state index in [1.54, 1.807) is 0 Å². The number of carbonyl (C=O) groups is 3. The predicted molar refractivity (Wildman–Crippen MR) is 270 cm³/mol. The Kier molecular flexibility index (Phi) is 48.0. The molecule has 0 amide bonds. The number of esters is 3. The van der Waals surface area contributed by atoms with Gasteiger partial charge in [0.1, 0.15) is 13.2 Å². The summed E-state index contributed by atoms with van der Waals surface area (Å²) in [6, 6.07) is 0. The Balaban J connectivity index is 4.45. The molecule has 63 heavy (non-hydrogen) atoms. The van der Waals surface area contributed by atoms with E-state index in [9.17, 15) is 14.4 Å². The summed E-state index contributed by atoms with van der Waals surface area (Å²) >= 11 is 0. The minimum Gasteiger partial charge on any atom is -0.462 e. The molecule has 1 unspecified atom stereocenters. The third kappa shape index (κ3) is 49.2. The lowest BCUT2D eigenvalue weighted by molar-refractivity contribution is -0.166. The van der Waals surface area contributed by atoms with Crippen LogP contribution in [0.2, 0.25) is 0 Å². The SMILES string of the molecule is CC/C=C\C/C=C\C/C=C\C/C=C\C/C=C\C/C=C\CCC(=O)OCC(COC(=O)CCCC/C=C\C/C=C\CC)OC(=O)CCCCCCCCCCCCCCCCCCC. The fourth-order valence-corrected chi connectivity index (χ4v) is 6.80. The summed E-state index contributed by atoms with van der Waals surface area (Å²) in [5.41, 5.74) is 0. The van der Waals surface area contributed by atoms with Gasteiger partial charge in [0.2, 0.25) is 0 Å². The van der Waals surface area contributed by atoms with Crippen molar-refractivity contribution in [2.75, 3.05) is 13.2 Å². The molecule has 0 heterocycles. The van der Waals surface area contributed by atoms with Crippen LogP contribution in [0.4, 0.5) is 0 Å². The molecule has 0 bridgehead atoms. The van der Waals surface area contributed by atoms with Crippen LogP contribution < -0.4 is 0 Å². The topological polar surface area (TPSA) is 78.9 Å². The minimum atomic E-state index is -0.818. The number of allylic oxidation sites excluding steroid dienone is 16. The van der Waals surface area contributed by atoms with Crippen molar-refractivity contribution in [1.29, 1.82) is 0 Å². The number of ether oxygens (including phenoxy) is 3. The Hall–Kier alpha value is -3.67. The van der Waals surface area contributed by atoms with Crippen LogP contribution in [0.1, 0.15) is 226 Å². The van der Waals surface area contributed by atoms with E-state index < -0.39 is 6.10 Å². The molecule has 0 saturated carbocycles. The zero-order valence-electron chi connectivity index (χ0n) is 40.8. The number of hydrogen-bond acceptors (Lipinski definition) is 6. The van der Waals surface area contributed by atoms with E-state index >= 15 is 0 Å². The second-order valence-corrected chi connectivity index (χ2v) is 16.7. The van der Waals surface area contributed by atoms with Gasteiger partial charge in [0.15, 0.2) is 6.10 Å². The molecule has 0 aromatic carbocycles. The fourth-order valence-electron chi connectivity index (χ4n) is 6.80. The van der Waals surface area contributed by atoms with E-state index in [0.29, 0.717) is 19.3 Å². The van der Waals surface area contributed by atoms with Gasteiger partial charge in [-0.1, -0.05) is 221 Å². The molecule has 0 aromatic heterocycles. The van der Waals surface area contributed by atoms with Crippen LogP contribution in [0.25, 0.3) is 0 Å². The van der Waals surface area contributed by atoms with Crippen molar-refractivity contribution in [3.63, 3.8) is 0 Å². The predicted octanol–water partition coefficient (Wildman–Crippen LogP) is 17.0. The molecular formula is C57H94O6. The highest BCUT2D eigenvalue weighted by molar-refractivity contribution is 5.71. The van der Waals surface area contributed by atoms with Crippen LogP contribution in [0, 0.1) is 0 Å². The van der Waals surface area contributed by atoms with Crippen molar-refractivity contribution in [1.82, 2.24) is 0 Å². The zero-order chi connectivity index (χ0) is 45.8. The van der Waals surface area contributed by atoms with Gasteiger partial charge >= 0.3 is 17.9 Å². The van der Waals surface area contributed by atoms with Gasteiger partial charge in [-0.2, -0.15) is 0 Å². The van der Waals surface area contributed by atoms with Gasteiger partial charge in [0.25, 0.3) is 0 Å². The molecule has 1 atom stereocenters. The van der Waals surface area contributed by atoms with Crippen LogP contribution in [0.3, 0.4) is 0 Å². The largest absolute Gasteiger partial charge is 0.462 e. The molecular weight excluding hydrogens is 781 g/mol. The summed E-state index contributed by atoms with van der Waals surface area (Å²) in [6.07, 6.45) is 67.1. The number of carbonyl (C=O) groups excluding carboxylic acids is 3. The fraction of sp³-hybridized carbons (Fsp3) is 0.667. The Morgan fingerprint density at radius 2 is 0.651 bits per heavy atom. The standard InChI is InChI=1S/C57H94O6/c1-4-7-10-13-16-19-21-23-25-27-28-30-31-33-35-38-41-44-47-50-56(59)62-53-54(52-61-55(58)49-46-43-40-37-18-15-12-9-6-3)63-57(60)51-48-45-42-39-36-34-32-29-26-24-22-20-17-14-11-8-5-2/h7,9-10,12,16,18-19,23,25,28,30,33,35,37,41,44,54H,4-6,8,11,13-15,17,20-22,24,26-27,29,31-32,34,36,38-40,42-43,45-53H2,1-3H3/b10-7-,12-9-,19-16-,25-23-,30-28-,35-33-,37-18-,44-41-. The molecule has 0 fully saturated rings. The second kappa shape index (κ2) is 51.0. The monoisotopic (exact) mass is 875 g/mol. The average molecular weight is 875 g/mol. The lowest BCUT2D eigenvalue weighted by Gasteiger charge is -2.18. The molecule has 0 saturated heterocycles. The lowest BCUT2D eigenvalue weighted by atomic mass is 10.0. The molecule has 6 heteroatoms. The van der Waals surface area contributed by atoms with E-state index in [1.807, 2.05) is 12.2 Å². The summed E-state index contributed by atoms with van der Waals surface area (Å²) in [5.74, 6) is -1.04. The number of unbranched alkanes of at least 4 members (excludes halogenated alkanes) is 18. The van der Waals surface area contributed by atoms with Crippen molar-refractivity contribution >= 4 is 17.9 Å². The van der Waals surface area contributed by atoms with E-state index in [2.05, 4.69) is 106 Å². The van der Waals surface area contributed by atoms with Crippen molar-refractivity contribution in [2.45, 2.75) is 232 Å². The van der Waals surface area contributed by atoms with Crippen LogP contribution in [-0.2, 0) is 28.6 Å². The van der Waals surface area contributed by atoms with Crippen LogP contribution >= 0.6 is 0 Å². The van der Waals surface area contributed by atoms with Crippen LogP contribution in [0.5, 0.6) is 0 Å². The van der Waals surface area contributed by atoms with Gasteiger partial charge in [-0.15, -0.1) is 0 Å². The first-order valence-corrected chi connectivity index (χ1v) is 25.7. The molecule has 0 spiro atoms. The third-order valence-corrected chi connectivity index (χ3v) is 10.6. The molecule has 0 aliphatic heterocycles. The highest BCUT2D eigenvalue weighted by atomic mass is 16.6. The summed E-state index contributed by atoms with van der Waals surface area (Å²) < 4.78 is 16.7. The summed E-state index contributed by atoms with van der Waals surface area (Å²) in [4.78, 5) is 37.8. The van der Waals surface area contributed by atoms with E-state index in [1.165, 1.54) is 89.9 Å². The van der Waals surface area contributed by atoms with Gasteiger partial charge in [-0.25, -0.2) is 0 Å². The Bertz CT molecular complexity index is 1280. The first-order chi connectivity index (χ1) is 31.0. The van der Waals surface area contributed by atoms with E-state index in [0.717, 1.165) is 89.9 Å². The first kappa shape index (κ1) is 59.3. The van der Waals surface area contributed by atoms with E-state index in [4.69, 9.17) is 14.2 Å². The Morgan fingerprint density at radius 1 is 0.333 bits per heavy atom. The van der Waals surface area contributed by atoms with Crippen molar-refractivity contribution in [3.05, 3.63) is 97.2 Å². The highest BCUT2D eigenvalue weighted by Gasteiger charge is 2.19. The Labute approximate surface area is 387 Å². The molecule has 0 aliphatic carbocycles. The summed E-state index contributed by atoms with van der Waals surface area (Å²) in [7, 11) is 0.